The standard InChI is InChI=1S/C4H2BrClF3O/c5-4(8,9)3(6,7)1-2-10/h1-2H. The van der Waals surface area contributed by atoms with E-state index in [-0.39, 0.29) is 12.3 Å². The predicted molar refractivity (Wildman–Crippen MR) is 33.4 cm³/mol. The van der Waals surface area contributed by atoms with Crippen LogP contribution in [0.15, 0.2) is 12.3 Å². The molecule has 0 aliphatic heterocycles. The third-order valence-corrected chi connectivity index (χ3v) is 1.82. The first-order valence-electron chi connectivity index (χ1n) is 2.05. The molecule has 0 heterocycles. The smallest absolute Gasteiger partial charge is 0.299 e. The Labute approximate surface area is 68.6 Å². The molecule has 0 amide bonds. The number of hydrogen-bond acceptors (Lipinski definition) is 0. The quantitative estimate of drug-likeness (QED) is 0.521. The lowest BCUT2D eigenvalue weighted by Gasteiger charge is -2.17. The van der Waals surface area contributed by atoms with Gasteiger partial charge in [-0.1, -0.05) is 11.6 Å². The number of halogens is 5. The molecular formula is C4H2BrClF3O. The van der Waals surface area contributed by atoms with Gasteiger partial charge in [0.25, 0.3) is 5.13 Å². The van der Waals surface area contributed by atoms with Crippen molar-refractivity contribution in [3.05, 3.63) is 12.3 Å². The second-order valence-electron chi connectivity index (χ2n) is 1.42. The molecule has 0 saturated heterocycles. The van der Waals surface area contributed by atoms with Crippen LogP contribution in [-0.2, 0) is 5.11 Å². The summed E-state index contributed by atoms with van der Waals surface area (Å²) in [6.07, 6.45) is -0.120. The van der Waals surface area contributed by atoms with E-state index in [1.807, 2.05) is 0 Å². The Morgan fingerprint density at radius 2 is 1.80 bits per heavy atom. The molecule has 0 aromatic carbocycles. The highest BCUT2D eigenvalue weighted by atomic mass is 79.9. The Bertz CT molecular complexity index is 142. The van der Waals surface area contributed by atoms with Gasteiger partial charge in [0.1, 0.15) is 6.26 Å². The second-order valence-corrected chi connectivity index (χ2v) is 2.97. The molecule has 0 N–H and O–H groups in total. The summed E-state index contributed by atoms with van der Waals surface area (Å²) in [4.78, 5) is -3.93. The Kier molecular flexibility index (Phi) is 3.03. The van der Waals surface area contributed by atoms with Crippen molar-refractivity contribution in [1.29, 1.82) is 0 Å². The van der Waals surface area contributed by atoms with Gasteiger partial charge in [-0.05, 0) is 15.9 Å². The monoisotopic (exact) mass is 237 g/mol. The molecule has 1 unspecified atom stereocenters. The van der Waals surface area contributed by atoms with Crippen LogP contribution in [0.5, 0.6) is 0 Å². The molecular weight excluding hydrogens is 236 g/mol. The van der Waals surface area contributed by atoms with Crippen molar-refractivity contribution in [2.45, 2.75) is 9.96 Å². The van der Waals surface area contributed by atoms with Gasteiger partial charge in [-0.3, -0.25) is 5.11 Å². The zero-order chi connectivity index (χ0) is 8.41. The number of alkyl halides is 5. The van der Waals surface area contributed by atoms with Gasteiger partial charge in [-0.15, -0.1) is 0 Å². The summed E-state index contributed by atoms with van der Waals surface area (Å²) >= 11 is 6.23. The SMILES string of the molecule is [O]C=CC(F)(Cl)C(F)(F)Br. The summed E-state index contributed by atoms with van der Waals surface area (Å²) in [5.74, 6) is 0. The van der Waals surface area contributed by atoms with Crippen molar-refractivity contribution in [3.63, 3.8) is 0 Å². The Morgan fingerprint density at radius 1 is 1.40 bits per heavy atom. The van der Waals surface area contributed by atoms with Crippen LogP contribution in [0.25, 0.3) is 0 Å². The summed E-state index contributed by atoms with van der Waals surface area (Å²) in [6.45, 7) is 0. The first-order chi connectivity index (χ1) is 4.31. The van der Waals surface area contributed by atoms with E-state index in [1.54, 1.807) is 15.9 Å². The van der Waals surface area contributed by atoms with Crippen molar-refractivity contribution >= 4 is 27.5 Å². The highest BCUT2D eigenvalue weighted by Crippen LogP contribution is 2.42. The minimum atomic E-state index is -3.93. The first kappa shape index (κ1) is 10.1. The van der Waals surface area contributed by atoms with Crippen LogP contribution in [-0.4, -0.2) is 9.96 Å². The maximum atomic E-state index is 12.3. The van der Waals surface area contributed by atoms with Crippen molar-refractivity contribution in [1.82, 2.24) is 0 Å². The molecule has 0 aliphatic carbocycles. The largest absolute Gasteiger partial charge is 0.352 e. The van der Waals surface area contributed by atoms with Crippen molar-refractivity contribution in [2.24, 2.45) is 0 Å². The van der Waals surface area contributed by atoms with E-state index in [0.29, 0.717) is 0 Å². The van der Waals surface area contributed by atoms with Crippen LogP contribution in [0.2, 0.25) is 0 Å². The minimum absolute atomic E-state index is 0.0172. The van der Waals surface area contributed by atoms with E-state index < -0.39 is 9.96 Å². The molecule has 0 rings (SSSR count). The van der Waals surface area contributed by atoms with Gasteiger partial charge in [0.05, 0.1) is 0 Å². The summed E-state index contributed by atoms with van der Waals surface area (Å²) in [5.41, 5.74) is 0. The molecule has 6 heteroatoms. The zero-order valence-corrected chi connectivity index (χ0v) is 6.79. The maximum absolute atomic E-state index is 12.3. The summed E-state index contributed by atoms with van der Waals surface area (Å²) in [6, 6.07) is 0. The zero-order valence-electron chi connectivity index (χ0n) is 4.45. The van der Waals surface area contributed by atoms with Gasteiger partial charge in [-0.2, -0.15) is 8.78 Å². The summed E-state index contributed by atoms with van der Waals surface area (Å²) < 4.78 is 36.1. The number of rotatable bonds is 2. The summed E-state index contributed by atoms with van der Waals surface area (Å²) in [5, 5.41) is 6.08. The third-order valence-electron chi connectivity index (χ3n) is 0.655. The molecule has 0 bridgehead atoms. The van der Waals surface area contributed by atoms with Gasteiger partial charge in [0.15, 0.2) is 0 Å². The van der Waals surface area contributed by atoms with E-state index in [9.17, 15) is 18.3 Å². The minimum Gasteiger partial charge on any atom is -0.299 e. The maximum Gasteiger partial charge on any atom is 0.352 e. The normalized spacial score (nSPS) is 19.3. The molecule has 0 fully saturated rings. The van der Waals surface area contributed by atoms with Crippen LogP contribution < -0.4 is 0 Å². The van der Waals surface area contributed by atoms with Crippen molar-refractivity contribution in [2.75, 3.05) is 0 Å². The molecule has 59 valence electrons. The van der Waals surface area contributed by atoms with Gasteiger partial charge < -0.3 is 0 Å². The highest BCUT2D eigenvalue weighted by Gasteiger charge is 2.50. The fraction of sp³-hybridized carbons (Fsp3) is 0.500. The molecule has 1 atom stereocenters. The topological polar surface area (TPSA) is 19.9 Å². The van der Waals surface area contributed by atoms with E-state index in [0.717, 1.165) is 0 Å². The first-order valence-corrected chi connectivity index (χ1v) is 3.22. The molecule has 0 aliphatic rings. The van der Waals surface area contributed by atoms with Crippen molar-refractivity contribution in [3.8, 4) is 0 Å². The fourth-order valence-corrected chi connectivity index (χ4v) is 0.364. The molecule has 10 heavy (non-hydrogen) atoms. The predicted octanol–water partition coefficient (Wildman–Crippen LogP) is 2.82. The number of hydrogen-bond donors (Lipinski definition) is 0. The number of allylic oxidation sites excluding steroid dienone is 1. The lowest BCUT2D eigenvalue weighted by atomic mass is 10.4. The van der Waals surface area contributed by atoms with Crippen LogP contribution in [0.3, 0.4) is 0 Å². The molecule has 1 nitrogen and oxygen atoms in total. The second kappa shape index (κ2) is 3.00. The van der Waals surface area contributed by atoms with E-state index in [1.165, 1.54) is 0 Å². The van der Waals surface area contributed by atoms with E-state index in [4.69, 9.17) is 0 Å². The molecule has 0 spiro atoms. The lowest BCUT2D eigenvalue weighted by Crippen LogP contribution is -2.31. The Hall–Kier alpha value is 0.1000. The lowest BCUT2D eigenvalue weighted by molar-refractivity contribution is 0.0205. The van der Waals surface area contributed by atoms with E-state index in [2.05, 4.69) is 11.6 Å². The molecule has 0 saturated carbocycles. The fourth-order valence-electron chi connectivity index (χ4n) is 0.180. The molecule has 0 aromatic heterocycles. The molecule has 0 aromatic rings. The van der Waals surface area contributed by atoms with Crippen molar-refractivity contribution < 1.29 is 18.3 Å². The Balaban J connectivity index is 4.40. The van der Waals surface area contributed by atoms with E-state index >= 15 is 0 Å². The van der Waals surface area contributed by atoms with Crippen LogP contribution in [0.4, 0.5) is 13.2 Å². The van der Waals surface area contributed by atoms with Gasteiger partial charge in [0.2, 0.25) is 0 Å². The van der Waals surface area contributed by atoms with Gasteiger partial charge in [0, 0.05) is 6.08 Å². The average molecular weight is 238 g/mol. The average Bonchev–Trinajstić information content (AvgIpc) is 1.61. The van der Waals surface area contributed by atoms with Gasteiger partial charge >= 0.3 is 4.83 Å². The highest BCUT2D eigenvalue weighted by molar-refractivity contribution is 9.10. The van der Waals surface area contributed by atoms with Crippen LogP contribution in [0.1, 0.15) is 0 Å². The third kappa shape index (κ3) is 2.38. The summed E-state index contributed by atoms with van der Waals surface area (Å²) in [7, 11) is 0. The molecule has 1 radical (unpaired) electrons. The Morgan fingerprint density at radius 3 is 1.90 bits per heavy atom. The van der Waals surface area contributed by atoms with Crippen LogP contribution in [0, 0.1) is 0 Å². The van der Waals surface area contributed by atoms with Gasteiger partial charge in [-0.25, -0.2) is 4.39 Å². The van der Waals surface area contributed by atoms with Crippen LogP contribution >= 0.6 is 27.5 Å².